The maximum absolute atomic E-state index is 12.4. The number of thiophene rings is 1. The molecule has 0 saturated carbocycles. The van der Waals surface area contributed by atoms with Gasteiger partial charge >= 0.3 is 0 Å². The van der Waals surface area contributed by atoms with Crippen molar-refractivity contribution in [2.45, 2.75) is 13.8 Å². The lowest BCUT2D eigenvalue weighted by molar-refractivity contribution is -0.384. The molecule has 156 valence electrons. The predicted molar refractivity (Wildman–Crippen MR) is 117 cm³/mol. The van der Waals surface area contributed by atoms with Crippen LogP contribution in [0.1, 0.15) is 29.1 Å². The van der Waals surface area contributed by atoms with Gasteiger partial charge in [0.25, 0.3) is 11.6 Å². The van der Waals surface area contributed by atoms with Crippen LogP contribution in [0.25, 0.3) is 10.1 Å². The van der Waals surface area contributed by atoms with Crippen LogP contribution in [0.15, 0.2) is 41.5 Å². The molecule has 2 aromatic carbocycles. The van der Waals surface area contributed by atoms with E-state index in [2.05, 4.69) is 10.5 Å². The monoisotopic (exact) mass is 447 g/mol. The summed E-state index contributed by atoms with van der Waals surface area (Å²) in [6.45, 7) is 4.65. The van der Waals surface area contributed by atoms with Crippen LogP contribution >= 0.6 is 22.9 Å². The lowest BCUT2D eigenvalue weighted by atomic mass is 10.2. The molecule has 0 unspecified atom stereocenters. The van der Waals surface area contributed by atoms with E-state index in [4.69, 9.17) is 21.1 Å². The minimum atomic E-state index is -0.474. The Morgan fingerprint density at radius 1 is 1.20 bits per heavy atom. The first-order chi connectivity index (χ1) is 14.4. The van der Waals surface area contributed by atoms with Crippen LogP contribution < -0.4 is 14.9 Å². The topological polar surface area (TPSA) is 103 Å². The molecule has 0 spiro atoms. The third-order valence-electron chi connectivity index (χ3n) is 3.97. The number of hydrogen-bond acceptors (Lipinski definition) is 7. The van der Waals surface area contributed by atoms with E-state index in [1.165, 1.54) is 29.7 Å². The Balaban J connectivity index is 1.76. The Labute approximate surface area is 181 Å². The van der Waals surface area contributed by atoms with Crippen LogP contribution in [0.5, 0.6) is 11.5 Å². The van der Waals surface area contributed by atoms with Gasteiger partial charge in [-0.15, -0.1) is 11.3 Å². The fourth-order valence-electron chi connectivity index (χ4n) is 2.66. The molecule has 0 bridgehead atoms. The van der Waals surface area contributed by atoms with Crippen molar-refractivity contribution in [2.75, 3.05) is 13.2 Å². The summed E-state index contributed by atoms with van der Waals surface area (Å²) < 4.78 is 11.8. The number of hydrogen-bond donors (Lipinski definition) is 1. The van der Waals surface area contributed by atoms with Gasteiger partial charge in [0.1, 0.15) is 0 Å². The van der Waals surface area contributed by atoms with E-state index < -0.39 is 10.8 Å². The Hall–Kier alpha value is -3.17. The van der Waals surface area contributed by atoms with Gasteiger partial charge in [-0.3, -0.25) is 14.9 Å². The fraction of sp³-hybridized carbons (Fsp3) is 0.200. The number of non-ortho nitro benzene ring substituents is 1. The number of benzene rings is 2. The number of ether oxygens (including phenoxy) is 2. The van der Waals surface area contributed by atoms with Crippen molar-refractivity contribution in [2.24, 2.45) is 5.10 Å². The van der Waals surface area contributed by atoms with Crippen LogP contribution in [0, 0.1) is 10.1 Å². The van der Waals surface area contributed by atoms with E-state index in [9.17, 15) is 14.9 Å². The van der Waals surface area contributed by atoms with E-state index >= 15 is 0 Å². The number of nitro benzene ring substituents is 1. The highest BCUT2D eigenvalue weighted by Crippen LogP contribution is 2.33. The van der Waals surface area contributed by atoms with Crippen molar-refractivity contribution < 1.29 is 19.2 Å². The molecule has 0 atom stereocenters. The van der Waals surface area contributed by atoms with Gasteiger partial charge in [-0.05, 0) is 32.0 Å². The number of hydrazone groups is 1. The average Bonchev–Trinajstić information content (AvgIpc) is 3.14. The SMILES string of the molecule is CCOc1cc(Cl)c(/C=N\NC(=O)c2cc3cc([N+](=O)[O-])ccc3s2)cc1OCC. The van der Waals surface area contributed by atoms with Gasteiger partial charge < -0.3 is 9.47 Å². The van der Waals surface area contributed by atoms with Gasteiger partial charge in [0, 0.05) is 33.8 Å². The van der Waals surface area contributed by atoms with Gasteiger partial charge in [-0.1, -0.05) is 11.6 Å². The smallest absolute Gasteiger partial charge is 0.281 e. The number of fused-ring (bicyclic) bond motifs is 1. The molecule has 8 nitrogen and oxygen atoms in total. The van der Waals surface area contributed by atoms with Crippen molar-refractivity contribution in [3.8, 4) is 11.5 Å². The second-order valence-electron chi connectivity index (χ2n) is 5.98. The number of carbonyl (C=O) groups excluding carboxylic acids is 1. The Morgan fingerprint density at radius 3 is 2.57 bits per heavy atom. The van der Waals surface area contributed by atoms with E-state index in [1.807, 2.05) is 13.8 Å². The largest absolute Gasteiger partial charge is 0.490 e. The van der Waals surface area contributed by atoms with Crippen LogP contribution in [0.4, 0.5) is 5.69 Å². The Kier molecular flexibility index (Phi) is 6.86. The van der Waals surface area contributed by atoms with Gasteiger partial charge in [-0.2, -0.15) is 5.10 Å². The van der Waals surface area contributed by atoms with Crippen LogP contribution in [-0.2, 0) is 0 Å². The molecule has 0 radical (unpaired) electrons. The molecule has 1 N–H and O–H groups in total. The second-order valence-corrected chi connectivity index (χ2v) is 7.47. The summed E-state index contributed by atoms with van der Waals surface area (Å²) in [4.78, 5) is 23.2. The van der Waals surface area contributed by atoms with Crippen molar-refractivity contribution in [3.63, 3.8) is 0 Å². The second kappa shape index (κ2) is 9.55. The molecule has 10 heteroatoms. The lowest BCUT2D eigenvalue weighted by Crippen LogP contribution is -2.16. The molecule has 30 heavy (non-hydrogen) atoms. The normalized spacial score (nSPS) is 11.0. The van der Waals surface area contributed by atoms with Gasteiger partial charge in [0.2, 0.25) is 0 Å². The summed E-state index contributed by atoms with van der Waals surface area (Å²) in [5.41, 5.74) is 2.96. The number of rotatable bonds is 8. The van der Waals surface area contributed by atoms with Crippen molar-refractivity contribution in [3.05, 3.63) is 62.0 Å². The summed E-state index contributed by atoms with van der Waals surface area (Å²) in [5, 5.41) is 15.9. The minimum absolute atomic E-state index is 0.0273. The van der Waals surface area contributed by atoms with Crippen molar-refractivity contribution >= 4 is 50.8 Å². The number of nitro groups is 1. The first kappa shape index (κ1) is 21.5. The molecule has 0 aliphatic carbocycles. The van der Waals surface area contributed by atoms with Crippen molar-refractivity contribution in [1.82, 2.24) is 5.43 Å². The molecule has 1 aromatic heterocycles. The number of nitrogens with one attached hydrogen (secondary N) is 1. The maximum atomic E-state index is 12.4. The molecule has 1 amide bonds. The number of carbonyl (C=O) groups is 1. The van der Waals surface area contributed by atoms with Gasteiger partial charge in [-0.25, -0.2) is 5.43 Å². The fourth-order valence-corrected chi connectivity index (χ4v) is 3.79. The molecule has 0 aliphatic heterocycles. The molecule has 3 rings (SSSR count). The van der Waals surface area contributed by atoms with E-state index in [0.717, 1.165) is 4.70 Å². The highest BCUT2D eigenvalue weighted by atomic mass is 35.5. The molecule has 0 saturated heterocycles. The van der Waals surface area contributed by atoms with Gasteiger partial charge in [0.15, 0.2) is 11.5 Å². The van der Waals surface area contributed by atoms with Crippen LogP contribution in [0.2, 0.25) is 5.02 Å². The first-order valence-corrected chi connectivity index (χ1v) is 10.2. The van der Waals surface area contributed by atoms with E-state index in [0.29, 0.717) is 45.6 Å². The zero-order valence-electron chi connectivity index (χ0n) is 16.2. The third-order valence-corrected chi connectivity index (χ3v) is 5.41. The summed E-state index contributed by atoms with van der Waals surface area (Å²) in [7, 11) is 0. The molecule has 0 fully saturated rings. The van der Waals surface area contributed by atoms with Gasteiger partial charge in [0.05, 0.1) is 34.3 Å². The third kappa shape index (κ3) is 4.87. The molecule has 1 heterocycles. The lowest BCUT2D eigenvalue weighted by Gasteiger charge is -2.12. The standard InChI is InChI=1S/C20H18ClN3O5S/c1-3-28-16-8-13(15(21)10-17(16)29-4-2)11-22-23-20(25)19-9-12-7-14(24(26)27)5-6-18(12)30-19/h5-11H,3-4H2,1-2H3,(H,23,25)/b22-11-. The summed E-state index contributed by atoms with van der Waals surface area (Å²) >= 11 is 7.49. The highest BCUT2D eigenvalue weighted by Gasteiger charge is 2.13. The average molecular weight is 448 g/mol. The maximum Gasteiger partial charge on any atom is 0.281 e. The van der Waals surface area contributed by atoms with Crippen LogP contribution in [0.3, 0.4) is 0 Å². The number of amides is 1. The zero-order valence-corrected chi connectivity index (χ0v) is 17.7. The first-order valence-electron chi connectivity index (χ1n) is 9.03. The van der Waals surface area contributed by atoms with E-state index in [1.54, 1.807) is 24.3 Å². The predicted octanol–water partition coefficient (Wildman–Crippen LogP) is 5.02. The Bertz CT molecular complexity index is 1130. The van der Waals surface area contributed by atoms with E-state index in [-0.39, 0.29) is 5.69 Å². The molecule has 3 aromatic rings. The summed E-state index contributed by atoms with van der Waals surface area (Å²) in [6.07, 6.45) is 1.41. The van der Waals surface area contributed by atoms with Crippen LogP contribution in [-0.4, -0.2) is 30.3 Å². The number of halogens is 1. The summed E-state index contributed by atoms with van der Waals surface area (Å²) in [6, 6.07) is 9.37. The molecular formula is C20H18ClN3O5S. The minimum Gasteiger partial charge on any atom is -0.490 e. The zero-order chi connectivity index (χ0) is 21.7. The quantitative estimate of drug-likeness (QED) is 0.296. The highest BCUT2D eigenvalue weighted by molar-refractivity contribution is 7.20. The Morgan fingerprint density at radius 2 is 1.90 bits per heavy atom. The van der Waals surface area contributed by atoms with Crippen molar-refractivity contribution in [1.29, 1.82) is 0 Å². The molecular weight excluding hydrogens is 430 g/mol. The number of nitrogens with zero attached hydrogens (tertiary/aromatic N) is 2. The molecule has 0 aliphatic rings. The summed E-state index contributed by atoms with van der Waals surface area (Å²) in [5.74, 6) is 0.634.